The molecule has 1 N–H and O–H groups in total. The summed E-state index contributed by atoms with van der Waals surface area (Å²) < 4.78 is 2.25. The van der Waals surface area contributed by atoms with E-state index in [9.17, 15) is 0 Å². The minimum atomic E-state index is 0.679. The molecule has 1 aliphatic heterocycles. The van der Waals surface area contributed by atoms with Crippen LogP contribution in [0.3, 0.4) is 0 Å². The van der Waals surface area contributed by atoms with Crippen LogP contribution in [0.25, 0.3) is 32.7 Å². The van der Waals surface area contributed by atoms with Gasteiger partial charge in [-0.15, -0.1) is 21.5 Å². The van der Waals surface area contributed by atoms with Crippen LogP contribution < -0.4 is 5.32 Å². The summed E-state index contributed by atoms with van der Waals surface area (Å²) in [6.45, 7) is 1.74. The second-order valence-electron chi connectivity index (χ2n) is 7.80. The van der Waals surface area contributed by atoms with Gasteiger partial charge in [0.05, 0.1) is 5.39 Å². The Hall–Kier alpha value is -3.65. The predicted octanol–water partition coefficient (Wildman–Crippen LogP) is 4.61. The zero-order chi connectivity index (χ0) is 21.3. The number of hydrogen-bond donors (Lipinski definition) is 1. The predicted molar refractivity (Wildman–Crippen MR) is 127 cm³/mol. The topological polar surface area (TPSA) is 81.4 Å². The summed E-state index contributed by atoms with van der Waals surface area (Å²) in [5.74, 6) is 3.66. The first-order chi connectivity index (χ1) is 15.9. The van der Waals surface area contributed by atoms with Gasteiger partial charge in [0.25, 0.3) is 0 Å². The molecule has 6 rings (SSSR count). The van der Waals surface area contributed by atoms with Crippen LogP contribution >= 0.6 is 11.3 Å². The van der Waals surface area contributed by atoms with E-state index >= 15 is 0 Å². The first kappa shape index (κ1) is 19.1. The lowest BCUT2D eigenvalue weighted by Gasteiger charge is -2.11. The Labute approximate surface area is 189 Å². The van der Waals surface area contributed by atoms with Gasteiger partial charge in [0, 0.05) is 54.8 Å². The molecule has 1 aromatic carbocycles. The molecular weight excluding hydrogens is 418 g/mol. The number of nitrogens with one attached hydrogen (secondary N) is 1. The van der Waals surface area contributed by atoms with E-state index in [-0.39, 0.29) is 0 Å². The van der Waals surface area contributed by atoms with Gasteiger partial charge in [0.2, 0.25) is 0 Å². The molecule has 158 valence electrons. The molecule has 5 aromatic rings. The van der Waals surface area contributed by atoms with E-state index in [4.69, 9.17) is 9.97 Å². The van der Waals surface area contributed by atoms with Gasteiger partial charge < -0.3 is 9.88 Å². The quantitative estimate of drug-likeness (QED) is 0.416. The van der Waals surface area contributed by atoms with Crippen molar-refractivity contribution in [1.29, 1.82) is 0 Å². The molecule has 0 radical (unpaired) electrons. The van der Waals surface area contributed by atoms with Crippen molar-refractivity contribution < 1.29 is 0 Å². The van der Waals surface area contributed by atoms with Gasteiger partial charge in [0.1, 0.15) is 22.3 Å². The van der Waals surface area contributed by atoms with Crippen molar-refractivity contribution in [2.75, 3.05) is 11.9 Å². The summed E-state index contributed by atoms with van der Waals surface area (Å²) in [6.07, 6.45) is 6.54. The van der Waals surface area contributed by atoms with E-state index in [2.05, 4.69) is 54.7 Å². The molecular formula is C24H21N7S. The van der Waals surface area contributed by atoms with Gasteiger partial charge in [-0.25, -0.2) is 9.97 Å². The average molecular weight is 440 g/mol. The Balaban J connectivity index is 1.38. The number of nitrogens with zero attached hydrogens (tertiary/aromatic N) is 6. The van der Waals surface area contributed by atoms with Crippen LogP contribution in [0.4, 0.5) is 5.82 Å². The lowest BCUT2D eigenvalue weighted by Crippen LogP contribution is -2.11. The highest BCUT2D eigenvalue weighted by Gasteiger charge is 2.19. The number of thiophene rings is 1. The van der Waals surface area contributed by atoms with E-state index in [1.807, 2.05) is 18.2 Å². The van der Waals surface area contributed by atoms with Gasteiger partial charge >= 0.3 is 0 Å². The number of pyridine rings is 1. The average Bonchev–Trinajstić information content (AvgIpc) is 3.57. The van der Waals surface area contributed by atoms with Crippen molar-refractivity contribution >= 4 is 27.4 Å². The molecule has 0 saturated heterocycles. The van der Waals surface area contributed by atoms with Crippen molar-refractivity contribution in [2.24, 2.45) is 0 Å². The Kier molecular flexibility index (Phi) is 4.84. The third-order valence-electron chi connectivity index (χ3n) is 5.77. The maximum absolute atomic E-state index is 4.92. The molecule has 0 saturated carbocycles. The standard InChI is InChI=1S/C24H21N7S/c1-2-6-16(7-3-1)18-15-32-24-21(18)23(27-22(28-24)17-8-4-11-25-14-17)26-12-10-20-30-29-19-9-5-13-31(19)20/h1-4,6-8,11,14-15H,5,9-10,12-13H2,(H,26,27,28). The number of benzene rings is 1. The van der Waals surface area contributed by atoms with E-state index in [1.54, 1.807) is 23.7 Å². The molecule has 0 bridgehead atoms. The number of aryl methyl sites for hydroxylation is 1. The fourth-order valence-corrected chi connectivity index (χ4v) is 5.16. The molecule has 0 spiro atoms. The third kappa shape index (κ3) is 3.42. The number of hydrogen-bond acceptors (Lipinski definition) is 7. The number of aromatic nitrogens is 6. The minimum absolute atomic E-state index is 0.679. The zero-order valence-corrected chi connectivity index (χ0v) is 18.2. The largest absolute Gasteiger partial charge is 0.369 e. The van der Waals surface area contributed by atoms with Crippen LogP contribution in [0.2, 0.25) is 0 Å². The second-order valence-corrected chi connectivity index (χ2v) is 8.66. The van der Waals surface area contributed by atoms with Gasteiger partial charge in [-0.1, -0.05) is 30.3 Å². The fourth-order valence-electron chi connectivity index (χ4n) is 4.21. The molecule has 0 atom stereocenters. The van der Waals surface area contributed by atoms with Crippen molar-refractivity contribution in [3.63, 3.8) is 0 Å². The van der Waals surface area contributed by atoms with Crippen molar-refractivity contribution in [3.8, 4) is 22.5 Å². The SMILES string of the molecule is c1ccc(-c2csc3nc(-c4cccnc4)nc(NCCc4nnc5n4CCC5)c23)cc1. The number of fused-ring (bicyclic) bond motifs is 2. The third-order valence-corrected chi connectivity index (χ3v) is 6.64. The molecule has 1 aliphatic rings. The van der Waals surface area contributed by atoms with Crippen LogP contribution in [0, 0.1) is 0 Å². The maximum Gasteiger partial charge on any atom is 0.164 e. The highest BCUT2D eigenvalue weighted by atomic mass is 32.1. The van der Waals surface area contributed by atoms with Gasteiger partial charge in [-0.05, 0) is 24.1 Å². The van der Waals surface area contributed by atoms with Crippen LogP contribution in [-0.2, 0) is 19.4 Å². The first-order valence-corrected chi connectivity index (χ1v) is 11.6. The Morgan fingerprint density at radius 1 is 1.00 bits per heavy atom. The molecule has 5 heterocycles. The highest BCUT2D eigenvalue weighted by molar-refractivity contribution is 7.17. The Morgan fingerprint density at radius 3 is 2.78 bits per heavy atom. The Bertz CT molecular complexity index is 1380. The minimum Gasteiger partial charge on any atom is -0.369 e. The first-order valence-electron chi connectivity index (χ1n) is 10.8. The summed E-state index contributed by atoms with van der Waals surface area (Å²) in [6, 6.07) is 14.3. The molecule has 4 aromatic heterocycles. The number of rotatable bonds is 6. The zero-order valence-electron chi connectivity index (χ0n) is 17.4. The van der Waals surface area contributed by atoms with Crippen LogP contribution in [0.5, 0.6) is 0 Å². The van der Waals surface area contributed by atoms with E-state index < -0.39 is 0 Å². The smallest absolute Gasteiger partial charge is 0.164 e. The lowest BCUT2D eigenvalue weighted by atomic mass is 10.1. The molecule has 8 heteroatoms. The molecule has 0 aliphatic carbocycles. The maximum atomic E-state index is 4.92. The van der Waals surface area contributed by atoms with Crippen molar-refractivity contribution in [1.82, 2.24) is 29.7 Å². The number of anilines is 1. The van der Waals surface area contributed by atoms with Gasteiger partial charge in [0.15, 0.2) is 5.82 Å². The summed E-state index contributed by atoms with van der Waals surface area (Å²) in [7, 11) is 0. The summed E-state index contributed by atoms with van der Waals surface area (Å²) in [4.78, 5) is 15.0. The Morgan fingerprint density at radius 2 is 1.91 bits per heavy atom. The molecule has 0 amide bonds. The molecule has 0 unspecified atom stereocenters. The highest BCUT2D eigenvalue weighted by Crippen LogP contribution is 2.38. The van der Waals surface area contributed by atoms with Crippen molar-refractivity contribution in [2.45, 2.75) is 25.8 Å². The monoisotopic (exact) mass is 439 g/mol. The van der Waals surface area contributed by atoms with Gasteiger partial charge in [-0.3, -0.25) is 4.98 Å². The van der Waals surface area contributed by atoms with E-state index in [0.717, 1.165) is 76.7 Å². The molecule has 0 fully saturated rings. The fraction of sp³-hybridized carbons (Fsp3) is 0.208. The molecule has 32 heavy (non-hydrogen) atoms. The van der Waals surface area contributed by atoms with Crippen LogP contribution in [0.15, 0.2) is 60.2 Å². The summed E-state index contributed by atoms with van der Waals surface area (Å²) in [5, 5.41) is 15.5. The van der Waals surface area contributed by atoms with Gasteiger partial charge in [-0.2, -0.15) is 0 Å². The molecule has 7 nitrogen and oxygen atoms in total. The summed E-state index contributed by atoms with van der Waals surface area (Å²) >= 11 is 1.64. The normalized spacial score (nSPS) is 12.9. The van der Waals surface area contributed by atoms with Crippen LogP contribution in [-0.4, -0.2) is 36.3 Å². The van der Waals surface area contributed by atoms with Crippen LogP contribution in [0.1, 0.15) is 18.1 Å². The van der Waals surface area contributed by atoms with Crippen molar-refractivity contribution in [3.05, 3.63) is 71.9 Å². The second kappa shape index (κ2) is 8.12. The van der Waals surface area contributed by atoms with E-state index in [0.29, 0.717) is 5.82 Å². The van der Waals surface area contributed by atoms with E-state index in [1.165, 1.54) is 0 Å². The lowest BCUT2D eigenvalue weighted by molar-refractivity contribution is 0.687. The summed E-state index contributed by atoms with van der Waals surface area (Å²) in [5.41, 5.74) is 3.21.